The molecular weight excluding hydrogens is 340 g/mol. The maximum atomic E-state index is 12.4. The molecule has 1 amide bonds. The van der Waals surface area contributed by atoms with Crippen molar-refractivity contribution in [3.8, 4) is 0 Å². The average molecular weight is 360 g/mol. The van der Waals surface area contributed by atoms with E-state index in [0.717, 1.165) is 19.3 Å². The van der Waals surface area contributed by atoms with Gasteiger partial charge in [0.25, 0.3) is 10.0 Å². The molecule has 0 spiro atoms. The summed E-state index contributed by atoms with van der Waals surface area (Å²) in [7, 11) is -3.79. The molecule has 0 radical (unpaired) electrons. The number of benzene rings is 1. The Morgan fingerprint density at radius 3 is 2.20 bits per heavy atom. The molecule has 1 saturated carbocycles. The summed E-state index contributed by atoms with van der Waals surface area (Å²) in [6.45, 7) is 3.54. The highest BCUT2D eigenvalue weighted by atomic mass is 32.2. The van der Waals surface area contributed by atoms with Gasteiger partial charge in [0.05, 0.1) is 4.90 Å². The van der Waals surface area contributed by atoms with Gasteiger partial charge in [-0.15, -0.1) is 0 Å². The minimum Gasteiger partial charge on any atom is -0.326 e. The Morgan fingerprint density at radius 1 is 1.08 bits per heavy atom. The number of aromatic nitrogens is 2. The van der Waals surface area contributed by atoms with E-state index in [-0.39, 0.29) is 22.7 Å². The molecule has 2 N–H and O–H groups in total. The topological polar surface area (TPSA) is 101 Å². The second kappa shape index (κ2) is 6.79. The number of carbonyl (C=O) groups is 1. The monoisotopic (exact) mass is 360 g/mol. The first-order valence-electron chi connectivity index (χ1n) is 8.09. The number of hydrogen-bond donors (Lipinski definition) is 2. The summed E-state index contributed by atoms with van der Waals surface area (Å²) in [6, 6.07) is 7.81. The smallest absolute Gasteiger partial charge is 0.264 e. The molecule has 1 aliphatic carbocycles. The highest BCUT2D eigenvalue weighted by molar-refractivity contribution is 7.92. The molecule has 8 heteroatoms. The van der Waals surface area contributed by atoms with Crippen LogP contribution >= 0.6 is 0 Å². The van der Waals surface area contributed by atoms with Gasteiger partial charge < -0.3 is 5.32 Å². The molecule has 0 unspecified atom stereocenters. The number of amides is 1. The Hall–Kier alpha value is -2.48. The quantitative estimate of drug-likeness (QED) is 0.853. The average Bonchev–Trinajstić information content (AvgIpc) is 2.44. The van der Waals surface area contributed by atoms with Gasteiger partial charge in [0.15, 0.2) is 0 Å². The molecule has 0 saturated heterocycles. The zero-order valence-electron chi connectivity index (χ0n) is 14.1. The van der Waals surface area contributed by atoms with E-state index in [4.69, 9.17) is 0 Å². The molecule has 2 aromatic rings. The normalized spacial score (nSPS) is 14.6. The van der Waals surface area contributed by atoms with Crippen molar-refractivity contribution in [3.05, 3.63) is 41.7 Å². The van der Waals surface area contributed by atoms with Crippen molar-refractivity contribution in [2.45, 2.75) is 38.0 Å². The first-order valence-corrected chi connectivity index (χ1v) is 9.58. The maximum absolute atomic E-state index is 12.4. The van der Waals surface area contributed by atoms with Gasteiger partial charge in [0.1, 0.15) is 0 Å². The maximum Gasteiger partial charge on any atom is 0.264 e. The van der Waals surface area contributed by atoms with E-state index >= 15 is 0 Å². The lowest BCUT2D eigenvalue weighted by molar-refractivity contribution is -0.122. The summed E-state index contributed by atoms with van der Waals surface area (Å²) in [6.07, 6.45) is 2.91. The fraction of sp³-hybridized carbons (Fsp3) is 0.353. The molecule has 25 heavy (non-hydrogen) atoms. The molecule has 1 aromatic heterocycles. The predicted octanol–water partition coefficient (Wildman–Crippen LogP) is 2.63. The van der Waals surface area contributed by atoms with Crippen molar-refractivity contribution in [2.75, 3.05) is 10.0 Å². The largest absolute Gasteiger partial charge is 0.326 e. The van der Waals surface area contributed by atoms with Gasteiger partial charge >= 0.3 is 0 Å². The molecular formula is C17H20N4O3S. The van der Waals surface area contributed by atoms with Crippen LogP contribution < -0.4 is 10.0 Å². The number of aryl methyl sites for hydroxylation is 2. The van der Waals surface area contributed by atoms with Crippen molar-refractivity contribution in [3.63, 3.8) is 0 Å². The van der Waals surface area contributed by atoms with E-state index in [2.05, 4.69) is 20.0 Å². The summed E-state index contributed by atoms with van der Waals surface area (Å²) in [4.78, 5) is 20.2. The molecule has 1 aromatic carbocycles. The lowest BCUT2D eigenvalue weighted by Crippen LogP contribution is -2.28. The summed E-state index contributed by atoms with van der Waals surface area (Å²) >= 11 is 0. The number of anilines is 2. The van der Waals surface area contributed by atoms with E-state index in [1.807, 2.05) is 0 Å². The number of rotatable bonds is 5. The Balaban J connectivity index is 1.72. The van der Waals surface area contributed by atoms with Crippen LogP contribution in [0.25, 0.3) is 0 Å². The van der Waals surface area contributed by atoms with Crippen molar-refractivity contribution in [2.24, 2.45) is 5.92 Å². The molecule has 132 valence electrons. The zero-order chi connectivity index (χ0) is 18.0. The molecule has 3 rings (SSSR count). The number of nitrogens with one attached hydrogen (secondary N) is 2. The number of hydrogen-bond acceptors (Lipinski definition) is 5. The molecule has 1 fully saturated rings. The predicted molar refractivity (Wildman–Crippen MR) is 94.7 cm³/mol. The van der Waals surface area contributed by atoms with Crippen LogP contribution in [-0.4, -0.2) is 24.3 Å². The van der Waals surface area contributed by atoms with E-state index in [1.165, 1.54) is 12.1 Å². The molecule has 0 atom stereocenters. The highest BCUT2D eigenvalue weighted by Crippen LogP contribution is 2.27. The van der Waals surface area contributed by atoms with E-state index < -0.39 is 10.0 Å². The first kappa shape index (κ1) is 17.3. The van der Waals surface area contributed by atoms with E-state index in [1.54, 1.807) is 32.0 Å². The minimum absolute atomic E-state index is 0.0105. The van der Waals surface area contributed by atoms with Crippen LogP contribution in [0.1, 0.15) is 30.7 Å². The van der Waals surface area contributed by atoms with Gasteiger partial charge in [-0.1, -0.05) is 6.42 Å². The van der Waals surface area contributed by atoms with Crippen LogP contribution in [0.15, 0.2) is 35.2 Å². The van der Waals surface area contributed by atoms with Gasteiger partial charge in [-0.2, -0.15) is 0 Å². The number of sulfonamides is 1. The first-order chi connectivity index (χ1) is 11.8. The van der Waals surface area contributed by atoms with E-state index in [9.17, 15) is 13.2 Å². The van der Waals surface area contributed by atoms with Gasteiger partial charge in [-0.3, -0.25) is 4.79 Å². The molecule has 0 bridgehead atoms. The van der Waals surface area contributed by atoms with Crippen molar-refractivity contribution in [1.29, 1.82) is 0 Å². The Bertz CT molecular complexity index is 870. The van der Waals surface area contributed by atoms with Crippen LogP contribution in [0.3, 0.4) is 0 Å². The van der Waals surface area contributed by atoms with E-state index in [0.29, 0.717) is 17.1 Å². The van der Waals surface area contributed by atoms with Crippen LogP contribution in [-0.2, 0) is 14.8 Å². The SMILES string of the molecule is Cc1cc(C)nc(NS(=O)(=O)c2ccc(NC(=O)C3CCC3)cc2)n1. The fourth-order valence-corrected chi connectivity index (χ4v) is 3.53. The highest BCUT2D eigenvalue weighted by Gasteiger charge is 2.25. The molecule has 0 aliphatic heterocycles. The van der Waals surface area contributed by atoms with Crippen molar-refractivity contribution >= 4 is 27.6 Å². The molecule has 1 aliphatic rings. The van der Waals surface area contributed by atoms with Crippen LogP contribution in [0, 0.1) is 19.8 Å². The third-order valence-electron chi connectivity index (χ3n) is 4.12. The Morgan fingerprint density at radius 2 is 1.68 bits per heavy atom. The van der Waals surface area contributed by atoms with Gasteiger partial charge in [-0.25, -0.2) is 23.1 Å². The third kappa shape index (κ3) is 4.14. The van der Waals surface area contributed by atoms with Crippen LogP contribution in [0.4, 0.5) is 11.6 Å². The van der Waals surface area contributed by atoms with Gasteiger partial charge in [0, 0.05) is 23.0 Å². The Kier molecular flexibility index (Phi) is 4.71. The van der Waals surface area contributed by atoms with Crippen LogP contribution in [0.2, 0.25) is 0 Å². The zero-order valence-corrected chi connectivity index (χ0v) is 14.9. The second-order valence-corrected chi connectivity index (χ2v) is 7.90. The summed E-state index contributed by atoms with van der Waals surface area (Å²) in [5.41, 5.74) is 1.94. The Labute approximate surface area is 146 Å². The second-order valence-electron chi connectivity index (χ2n) is 6.22. The molecule has 1 heterocycles. The third-order valence-corrected chi connectivity index (χ3v) is 5.46. The number of nitrogens with zero attached hydrogens (tertiary/aromatic N) is 2. The minimum atomic E-state index is -3.79. The van der Waals surface area contributed by atoms with Crippen molar-refractivity contribution in [1.82, 2.24) is 9.97 Å². The van der Waals surface area contributed by atoms with Crippen LogP contribution in [0.5, 0.6) is 0 Å². The summed E-state index contributed by atoms with van der Waals surface area (Å²) in [5, 5.41) is 2.81. The number of carbonyl (C=O) groups excluding carboxylic acids is 1. The standard InChI is InChI=1S/C17H20N4O3S/c1-11-10-12(2)19-17(18-11)21-25(23,24)15-8-6-14(7-9-15)20-16(22)13-4-3-5-13/h6-10,13H,3-5H2,1-2H3,(H,20,22)(H,18,19,21). The lowest BCUT2D eigenvalue weighted by Gasteiger charge is -2.24. The summed E-state index contributed by atoms with van der Waals surface area (Å²) in [5.74, 6) is 0.107. The van der Waals surface area contributed by atoms with Gasteiger partial charge in [-0.05, 0) is 57.0 Å². The van der Waals surface area contributed by atoms with Gasteiger partial charge in [0.2, 0.25) is 11.9 Å². The summed E-state index contributed by atoms with van der Waals surface area (Å²) < 4.78 is 27.3. The van der Waals surface area contributed by atoms with Crippen molar-refractivity contribution < 1.29 is 13.2 Å². The fourth-order valence-electron chi connectivity index (χ4n) is 2.58. The lowest BCUT2D eigenvalue weighted by atomic mass is 9.85. The molecule has 7 nitrogen and oxygen atoms in total.